The molecule has 1 amide bonds. The van der Waals surface area contributed by atoms with Crippen molar-refractivity contribution in [1.29, 1.82) is 0 Å². The van der Waals surface area contributed by atoms with E-state index in [1.54, 1.807) is 23.1 Å². The number of hydrogen-bond acceptors (Lipinski definition) is 8. The van der Waals surface area contributed by atoms with Gasteiger partial charge in [0.1, 0.15) is 5.01 Å². The molecule has 1 aliphatic heterocycles. The zero-order valence-corrected chi connectivity index (χ0v) is 24.0. The largest absolute Gasteiger partial charge is 0.392 e. The average molecular weight is 603 g/mol. The Morgan fingerprint density at radius 2 is 1.70 bits per heavy atom. The number of alkyl halides is 3. The minimum Gasteiger partial charge on any atom is -0.392 e. The summed E-state index contributed by atoms with van der Waals surface area (Å²) >= 11 is 20.0. The first-order valence-electron chi connectivity index (χ1n) is 11.5. The Labute approximate surface area is 238 Å². The molecular formula is C25H26Cl3N3O4S2. The normalized spacial score (nSPS) is 22.1. The lowest BCUT2D eigenvalue weighted by Crippen LogP contribution is -2.38. The molecule has 0 saturated carbocycles. The second kappa shape index (κ2) is 12.6. The predicted octanol–water partition coefficient (Wildman–Crippen LogP) is 5.91. The number of amides is 1. The number of thioether (sulfide) groups is 1. The van der Waals surface area contributed by atoms with Gasteiger partial charge in [0.2, 0.25) is 0 Å². The molecule has 2 aromatic carbocycles. The Bertz CT molecular complexity index is 1190. The van der Waals surface area contributed by atoms with Crippen LogP contribution < -0.4 is 5.32 Å². The number of nitrogens with one attached hydrogen (secondary N) is 1. The van der Waals surface area contributed by atoms with E-state index >= 15 is 0 Å². The number of aliphatic hydroxyl groups is 1. The van der Waals surface area contributed by atoms with Crippen molar-refractivity contribution in [3.05, 3.63) is 75.8 Å². The Kier molecular flexibility index (Phi) is 9.74. The lowest BCUT2D eigenvalue weighted by Gasteiger charge is -2.41. The van der Waals surface area contributed by atoms with Crippen molar-refractivity contribution in [2.75, 3.05) is 5.75 Å². The molecule has 1 aromatic heterocycles. The molecule has 2 heterocycles. The fourth-order valence-corrected chi connectivity index (χ4v) is 6.08. The van der Waals surface area contributed by atoms with Gasteiger partial charge in [0.05, 0.1) is 18.8 Å². The first kappa shape index (κ1) is 28.6. The van der Waals surface area contributed by atoms with Gasteiger partial charge in [-0.3, -0.25) is 4.79 Å². The van der Waals surface area contributed by atoms with Crippen LogP contribution in [0.5, 0.6) is 0 Å². The molecule has 1 saturated heterocycles. The SMILES string of the molecule is Cc1nnc(SC[C@@H]2O[C@H](c3ccc(CNC(=O)C(Cl)(Cl)Cl)cc3)O[C@H](c3ccc(CO)cc3)[C@@H]2C)s1. The molecule has 4 atom stereocenters. The van der Waals surface area contributed by atoms with Gasteiger partial charge >= 0.3 is 0 Å². The van der Waals surface area contributed by atoms with E-state index in [4.69, 9.17) is 44.3 Å². The Balaban J connectivity index is 1.51. The number of ether oxygens (including phenoxy) is 2. The number of nitrogens with zero attached hydrogens (tertiary/aromatic N) is 2. The van der Waals surface area contributed by atoms with Gasteiger partial charge < -0.3 is 19.9 Å². The maximum atomic E-state index is 11.8. The predicted molar refractivity (Wildman–Crippen MR) is 147 cm³/mol. The number of benzene rings is 2. The van der Waals surface area contributed by atoms with E-state index in [0.29, 0.717) is 5.75 Å². The maximum absolute atomic E-state index is 11.8. The standard InChI is InChI=1S/C25H26Cl3N3O4S2/c1-14-20(13-36-24-31-30-15(2)37-24)34-22(35-21(14)18-7-5-17(12-32)6-8-18)19-9-3-16(4-10-19)11-29-23(33)25(26,27)28/h3-10,14,20-22,32H,11-13H2,1-2H3,(H,29,33)/t14-,20+,21+,22+/m1/s1. The molecule has 12 heteroatoms. The fraction of sp³-hybridized carbons (Fsp3) is 0.400. The summed E-state index contributed by atoms with van der Waals surface area (Å²) in [5.74, 6) is 0.0758. The zero-order chi connectivity index (χ0) is 26.6. The Morgan fingerprint density at radius 1 is 1.05 bits per heavy atom. The van der Waals surface area contributed by atoms with Gasteiger partial charge in [0.15, 0.2) is 10.6 Å². The van der Waals surface area contributed by atoms with E-state index in [-0.39, 0.29) is 31.3 Å². The highest BCUT2D eigenvalue weighted by Gasteiger charge is 2.38. The smallest absolute Gasteiger partial charge is 0.272 e. The number of aliphatic hydroxyl groups excluding tert-OH is 1. The van der Waals surface area contributed by atoms with E-state index in [1.807, 2.05) is 55.5 Å². The monoisotopic (exact) mass is 601 g/mol. The summed E-state index contributed by atoms with van der Waals surface area (Å²) < 4.78 is 11.8. The maximum Gasteiger partial charge on any atom is 0.272 e. The van der Waals surface area contributed by atoms with Crippen LogP contribution in [0.3, 0.4) is 0 Å². The van der Waals surface area contributed by atoms with Crippen LogP contribution in [-0.2, 0) is 27.4 Å². The summed E-state index contributed by atoms with van der Waals surface area (Å²) in [6.45, 7) is 4.26. The van der Waals surface area contributed by atoms with Crippen LogP contribution in [0.1, 0.15) is 46.6 Å². The molecule has 1 aliphatic rings. The van der Waals surface area contributed by atoms with Crippen molar-refractivity contribution in [2.24, 2.45) is 5.92 Å². The number of aryl methyl sites for hydroxylation is 1. The fourth-order valence-electron chi connectivity index (χ4n) is 3.88. The van der Waals surface area contributed by atoms with Crippen LogP contribution in [0.2, 0.25) is 0 Å². The molecule has 198 valence electrons. The quantitative estimate of drug-likeness (QED) is 0.245. The van der Waals surface area contributed by atoms with Crippen molar-refractivity contribution in [2.45, 2.75) is 53.6 Å². The summed E-state index contributed by atoms with van der Waals surface area (Å²) in [5.41, 5.74) is 3.55. The van der Waals surface area contributed by atoms with E-state index in [2.05, 4.69) is 22.4 Å². The summed E-state index contributed by atoms with van der Waals surface area (Å²) in [5, 5.41) is 21.3. The van der Waals surface area contributed by atoms with E-state index in [0.717, 1.165) is 31.6 Å². The number of carbonyl (C=O) groups is 1. The third-order valence-corrected chi connectivity index (χ3v) is 8.54. The number of halogens is 3. The lowest BCUT2D eigenvalue weighted by atomic mass is 9.91. The van der Waals surface area contributed by atoms with Crippen molar-refractivity contribution >= 4 is 63.8 Å². The zero-order valence-electron chi connectivity index (χ0n) is 20.1. The molecule has 1 fully saturated rings. The topological polar surface area (TPSA) is 93.6 Å². The van der Waals surface area contributed by atoms with Gasteiger partial charge in [-0.05, 0) is 23.6 Å². The molecule has 0 spiro atoms. The van der Waals surface area contributed by atoms with Crippen LogP contribution in [0.15, 0.2) is 52.9 Å². The van der Waals surface area contributed by atoms with Crippen LogP contribution in [0, 0.1) is 12.8 Å². The van der Waals surface area contributed by atoms with Crippen LogP contribution in [0.4, 0.5) is 0 Å². The second-order valence-corrected chi connectivity index (χ2v) is 13.4. The number of hydrogen-bond donors (Lipinski definition) is 2. The van der Waals surface area contributed by atoms with Gasteiger partial charge in [0, 0.05) is 23.8 Å². The lowest BCUT2D eigenvalue weighted by molar-refractivity contribution is -0.268. The second-order valence-electron chi connectivity index (χ2n) is 8.64. The Morgan fingerprint density at radius 3 is 2.30 bits per heavy atom. The summed E-state index contributed by atoms with van der Waals surface area (Å²) in [6, 6.07) is 15.3. The van der Waals surface area contributed by atoms with Gasteiger partial charge in [-0.1, -0.05) is 113 Å². The molecule has 2 N–H and O–H groups in total. The molecule has 0 radical (unpaired) electrons. The molecule has 7 nitrogen and oxygen atoms in total. The number of rotatable bonds is 8. The third-order valence-electron chi connectivity index (χ3n) is 5.96. The molecular weight excluding hydrogens is 577 g/mol. The van der Waals surface area contributed by atoms with Gasteiger partial charge in [-0.2, -0.15) is 0 Å². The molecule has 4 rings (SSSR count). The molecule has 3 aromatic rings. The van der Waals surface area contributed by atoms with Crippen molar-refractivity contribution < 1.29 is 19.4 Å². The Hall–Kier alpha value is -1.43. The van der Waals surface area contributed by atoms with Crippen molar-refractivity contribution in [1.82, 2.24) is 15.5 Å². The minimum absolute atomic E-state index is 0.0118. The van der Waals surface area contributed by atoms with E-state index in [9.17, 15) is 9.90 Å². The highest BCUT2D eigenvalue weighted by Crippen LogP contribution is 2.43. The highest BCUT2D eigenvalue weighted by molar-refractivity contribution is 8.01. The number of aromatic nitrogens is 2. The average Bonchev–Trinajstić information content (AvgIpc) is 3.31. The van der Waals surface area contributed by atoms with Gasteiger partial charge in [-0.25, -0.2) is 0 Å². The van der Waals surface area contributed by atoms with E-state index in [1.165, 1.54) is 0 Å². The molecule has 0 unspecified atom stereocenters. The minimum atomic E-state index is -2.01. The first-order chi connectivity index (χ1) is 17.6. The van der Waals surface area contributed by atoms with Crippen LogP contribution >= 0.6 is 57.9 Å². The summed E-state index contributed by atoms with van der Waals surface area (Å²) in [7, 11) is 0. The van der Waals surface area contributed by atoms with Crippen molar-refractivity contribution in [3.8, 4) is 0 Å². The molecule has 0 bridgehead atoms. The molecule has 37 heavy (non-hydrogen) atoms. The van der Waals surface area contributed by atoms with E-state index < -0.39 is 16.0 Å². The third kappa shape index (κ3) is 7.58. The van der Waals surface area contributed by atoms with Gasteiger partial charge in [0.25, 0.3) is 9.70 Å². The van der Waals surface area contributed by atoms with Crippen molar-refractivity contribution in [3.63, 3.8) is 0 Å². The van der Waals surface area contributed by atoms with Gasteiger partial charge in [-0.15, -0.1) is 10.2 Å². The summed E-state index contributed by atoms with van der Waals surface area (Å²) in [6.07, 6.45) is -0.916. The van der Waals surface area contributed by atoms with Crippen LogP contribution in [-0.4, -0.2) is 36.9 Å². The highest BCUT2D eigenvalue weighted by atomic mass is 35.6. The van der Waals surface area contributed by atoms with Crippen LogP contribution in [0.25, 0.3) is 0 Å². The number of carbonyl (C=O) groups excluding carboxylic acids is 1. The first-order valence-corrected chi connectivity index (χ1v) is 14.4. The molecule has 0 aliphatic carbocycles. The summed E-state index contributed by atoms with van der Waals surface area (Å²) in [4.78, 5) is 11.8.